The van der Waals surface area contributed by atoms with Gasteiger partial charge in [-0.25, -0.2) is 4.79 Å². The average molecular weight is 211 g/mol. The molecule has 0 bridgehead atoms. The first-order valence-electron chi connectivity index (χ1n) is 4.59. The van der Waals surface area contributed by atoms with E-state index in [2.05, 4.69) is 18.6 Å². The summed E-state index contributed by atoms with van der Waals surface area (Å²) in [5, 5.41) is 0. The summed E-state index contributed by atoms with van der Waals surface area (Å²) < 4.78 is 4.50. The molecule has 2 N–H and O–H groups in total. The predicted molar refractivity (Wildman–Crippen MR) is 64.9 cm³/mol. The summed E-state index contributed by atoms with van der Waals surface area (Å²) in [6, 6.07) is 6.57. The summed E-state index contributed by atoms with van der Waals surface area (Å²) in [7, 11) is 1.35. The number of hydrogen-bond donors (Lipinski definition) is 1. The van der Waals surface area contributed by atoms with Gasteiger partial charge in [-0.3, -0.25) is 0 Å². The molecule has 0 fully saturated rings. The summed E-state index contributed by atoms with van der Waals surface area (Å²) in [5.41, 5.74) is 6.57. The lowest BCUT2D eigenvalue weighted by Gasteiger charge is -1.97. The molecule has 0 saturated heterocycles. The Kier molecular flexibility index (Phi) is 9.63. The molecule has 3 nitrogen and oxygen atoms in total. The zero-order valence-electron chi connectivity index (χ0n) is 8.91. The van der Waals surface area contributed by atoms with Crippen LogP contribution in [0.1, 0.15) is 38.1 Å². The second-order valence-electron chi connectivity index (χ2n) is 2.82. The number of methoxy groups -OCH3 is 1. The molecule has 0 atom stereocenters. The van der Waals surface area contributed by atoms with Gasteiger partial charge in [0, 0.05) is 5.69 Å². The highest BCUT2D eigenvalue weighted by molar-refractivity contribution is 5.89. The number of esters is 1. The van der Waals surface area contributed by atoms with E-state index in [1.54, 1.807) is 24.3 Å². The molecule has 0 saturated carbocycles. The van der Waals surface area contributed by atoms with Gasteiger partial charge in [0.2, 0.25) is 0 Å². The fourth-order valence-corrected chi connectivity index (χ4v) is 0.737. The van der Waals surface area contributed by atoms with E-state index in [9.17, 15) is 4.79 Å². The van der Waals surface area contributed by atoms with Crippen molar-refractivity contribution >= 4 is 11.7 Å². The van der Waals surface area contributed by atoms with Crippen molar-refractivity contribution in [1.29, 1.82) is 0 Å². The normalized spacial score (nSPS) is 7.93. The maximum Gasteiger partial charge on any atom is 0.337 e. The Morgan fingerprint density at radius 2 is 1.67 bits per heavy atom. The third-order valence-corrected chi connectivity index (χ3v) is 1.33. The molecule has 86 valence electrons. The van der Waals surface area contributed by atoms with Crippen LogP contribution in [0.3, 0.4) is 0 Å². The average Bonchev–Trinajstić information content (AvgIpc) is 2.19. The number of anilines is 1. The van der Waals surface area contributed by atoms with E-state index < -0.39 is 0 Å². The lowest BCUT2D eigenvalue weighted by Crippen LogP contribution is -2.00. The van der Waals surface area contributed by atoms with Crippen LogP contribution in [0.5, 0.6) is 0 Å². The van der Waals surface area contributed by atoms with Crippen molar-refractivity contribution in [2.75, 3.05) is 12.8 Å². The number of rotatable bonds is 1. The Bertz CT molecular complexity index is 267. The molecular formula is C12H21NO2. The maximum absolute atomic E-state index is 10.9. The summed E-state index contributed by atoms with van der Waals surface area (Å²) >= 11 is 0. The van der Waals surface area contributed by atoms with Crippen LogP contribution in [-0.4, -0.2) is 13.1 Å². The van der Waals surface area contributed by atoms with Crippen molar-refractivity contribution in [3.63, 3.8) is 0 Å². The summed E-state index contributed by atoms with van der Waals surface area (Å²) in [6.07, 6.45) is 1.25. The minimum atomic E-state index is -0.343. The molecule has 1 rings (SSSR count). The molecule has 0 aliphatic heterocycles. The third kappa shape index (κ3) is 6.55. The van der Waals surface area contributed by atoms with Crippen molar-refractivity contribution in [2.45, 2.75) is 27.7 Å². The van der Waals surface area contributed by atoms with Crippen LogP contribution in [-0.2, 0) is 4.74 Å². The topological polar surface area (TPSA) is 52.3 Å². The number of carbonyl (C=O) groups is 1. The third-order valence-electron chi connectivity index (χ3n) is 1.33. The van der Waals surface area contributed by atoms with Gasteiger partial charge in [-0.1, -0.05) is 27.7 Å². The highest BCUT2D eigenvalue weighted by atomic mass is 16.5. The first-order chi connectivity index (χ1) is 6.65. The Balaban J connectivity index is 0. The number of carbonyl (C=O) groups excluding carboxylic acids is 1. The Morgan fingerprint density at radius 1 is 1.27 bits per heavy atom. The molecule has 0 aromatic heterocycles. The molecule has 1 aromatic rings. The highest BCUT2D eigenvalue weighted by Gasteiger charge is 2.02. The highest BCUT2D eigenvalue weighted by Crippen LogP contribution is 2.05. The quantitative estimate of drug-likeness (QED) is 0.573. The number of nitrogen functional groups attached to an aromatic ring is 1. The van der Waals surface area contributed by atoms with E-state index in [1.165, 1.54) is 13.5 Å². The summed E-state index contributed by atoms with van der Waals surface area (Å²) in [4.78, 5) is 10.9. The summed E-state index contributed by atoms with van der Waals surface area (Å²) in [5.74, 6) is -0.343. The molecule has 0 aliphatic rings. The standard InChI is InChI=1S/C8H9NO2.C3H8.CH4/c1-11-8(10)6-2-4-7(9)5-3-6;1-3-2;/h2-5H,9H2,1H3;3H2,1-2H3;1H4. The lowest BCUT2D eigenvalue weighted by molar-refractivity contribution is 0.0601. The molecule has 0 unspecified atom stereocenters. The number of hydrogen-bond acceptors (Lipinski definition) is 3. The van der Waals surface area contributed by atoms with E-state index in [1.807, 2.05) is 0 Å². The van der Waals surface area contributed by atoms with E-state index in [0.717, 1.165) is 0 Å². The van der Waals surface area contributed by atoms with Gasteiger partial charge in [0.25, 0.3) is 0 Å². The first kappa shape index (κ1) is 15.9. The number of nitrogens with two attached hydrogens (primary N) is 1. The molecule has 0 radical (unpaired) electrons. The fraction of sp³-hybridized carbons (Fsp3) is 0.417. The van der Waals surface area contributed by atoms with Gasteiger partial charge in [-0.05, 0) is 24.3 Å². The SMILES string of the molecule is C.CCC.COC(=O)c1ccc(N)cc1. The molecular weight excluding hydrogens is 190 g/mol. The van der Waals surface area contributed by atoms with Gasteiger partial charge in [-0.2, -0.15) is 0 Å². The van der Waals surface area contributed by atoms with Crippen molar-refractivity contribution in [3.8, 4) is 0 Å². The zero-order chi connectivity index (χ0) is 11.0. The fourth-order valence-electron chi connectivity index (χ4n) is 0.737. The molecule has 0 heterocycles. The Morgan fingerprint density at radius 3 is 2.00 bits per heavy atom. The van der Waals surface area contributed by atoms with E-state index >= 15 is 0 Å². The van der Waals surface area contributed by atoms with Crippen LogP contribution in [0.15, 0.2) is 24.3 Å². The lowest BCUT2D eigenvalue weighted by atomic mass is 10.2. The van der Waals surface area contributed by atoms with Gasteiger partial charge in [0.05, 0.1) is 12.7 Å². The molecule has 3 heteroatoms. The van der Waals surface area contributed by atoms with Crippen LogP contribution in [0, 0.1) is 0 Å². The molecule has 1 aromatic carbocycles. The molecule has 0 aliphatic carbocycles. The molecule has 15 heavy (non-hydrogen) atoms. The van der Waals surface area contributed by atoms with Crippen LogP contribution in [0.4, 0.5) is 5.69 Å². The Hall–Kier alpha value is -1.51. The zero-order valence-corrected chi connectivity index (χ0v) is 8.91. The van der Waals surface area contributed by atoms with Gasteiger partial charge in [0.15, 0.2) is 0 Å². The Labute approximate surface area is 92.2 Å². The van der Waals surface area contributed by atoms with Gasteiger partial charge in [-0.15, -0.1) is 0 Å². The van der Waals surface area contributed by atoms with Crippen LogP contribution in [0.2, 0.25) is 0 Å². The number of benzene rings is 1. The first-order valence-corrected chi connectivity index (χ1v) is 4.59. The van der Waals surface area contributed by atoms with Gasteiger partial charge < -0.3 is 10.5 Å². The van der Waals surface area contributed by atoms with E-state index in [4.69, 9.17) is 5.73 Å². The minimum Gasteiger partial charge on any atom is -0.465 e. The minimum absolute atomic E-state index is 0. The van der Waals surface area contributed by atoms with Gasteiger partial charge >= 0.3 is 5.97 Å². The second-order valence-corrected chi connectivity index (χ2v) is 2.82. The van der Waals surface area contributed by atoms with Crippen LogP contribution < -0.4 is 5.73 Å². The van der Waals surface area contributed by atoms with Gasteiger partial charge in [0.1, 0.15) is 0 Å². The van der Waals surface area contributed by atoms with Crippen molar-refractivity contribution in [3.05, 3.63) is 29.8 Å². The van der Waals surface area contributed by atoms with Crippen molar-refractivity contribution in [1.82, 2.24) is 0 Å². The molecule has 0 spiro atoms. The van der Waals surface area contributed by atoms with Crippen molar-refractivity contribution in [2.24, 2.45) is 0 Å². The molecule has 0 amide bonds. The smallest absolute Gasteiger partial charge is 0.337 e. The monoisotopic (exact) mass is 211 g/mol. The summed E-state index contributed by atoms with van der Waals surface area (Å²) in [6.45, 7) is 4.25. The predicted octanol–water partition coefficient (Wildman–Crippen LogP) is 3.11. The second kappa shape index (κ2) is 9.06. The van der Waals surface area contributed by atoms with E-state index in [-0.39, 0.29) is 13.4 Å². The maximum atomic E-state index is 10.9. The van der Waals surface area contributed by atoms with Crippen LogP contribution in [0.25, 0.3) is 0 Å². The van der Waals surface area contributed by atoms with Crippen molar-refractivity contribution < 1.29 is 9.53 Å². The number of ether oxygens (including phenoxy) is 1. The van der Waals surface area contributed by atoms with E-state index in [0.29, 0.717) is 11.3 Å². The van der Waals surface area contributed by atoms with Crippen LogP contribution >= 0.6 is 0 Å². The largest absolute Gasteiger partial charge is 0.465 e.